The number of carbonyl (C=O) groups is 2. The van der Waals surface area contributed by atoms with E-state index in [0.29, 0.717) is 45.3 Å². The predicted octanol–water partition coefficient (Wildman–Crippen LogP) is 0.971. The normalized spacial score (nSPS) is 16.0. The summed E-state index contributed by atoms with van der Waals surface area (Å²) in [5.41, 5.74) is 0.752. The Balaban J connectivity index is 1.66. The van der Waals surface area contributed by atoms with Crippen molar-refractivity contribution in [2.75, 3.05) is 46.7 Å². The maximum atomic E-state index is 12.1. The lowest BCUT2D eigenvalue weighted by Crippen LogP contribution is -2.30. The summed E-state index contributed by atoms with van der Waals surface area (Å²) < 4.78 is 20.6. The standard InChI is InChI=1S/C18H25NO7/c1-23-6-7-25-9-8-24-5-4-19-17(21)10-13-11-18(22)26-16-12-14(20)2-3-15(13)16/h2-3,12-13,20H,4-11H2,1H3,(H,19,21). The molecule has 8 nitrogen and oxygen atoms in total. The van der Waals surface area contributed by atoms with Gasteiger partial charge in [0.25, 0.3) is 0 Å². The largest absolute Gasteiger partial charge is 0.508 e. The molecule has 8 heteroatoms. The molecule has 144 valence electrons. The Morgan fingerprint density at radius 2 is 1.96 bits per heavy atom. The second kappa shape index (κ2) is 10.7. The van der Waals surface area contributed by atoms with Crippen LogP contribution in [-0.4, -0.2) is 63.7 Å². The van der Waals surface area contributed by atoms with E-state index in [1.54, 1.807) is 13.2 Å². The van der Waals surface area contributed by atoms with Gasteiger partial charge in [-0.15, -0.1) is 0 Å². The van der Waals surface area contributed by atoms with Crippen LogP contribution in [0.3, 0.4) is 0 Å². The third kappa shape index (κ3) is 6.62. The molecule has 0 fully saturated rings. The number of benzene rings is 1. The van der Waals surface area contributed by atoms with E-state index in [-0.39, 0.29) is 30.4 Å². The van der Waals surface area contributed by atoms with Crippen LogP contribution in [-0.2, 0) is 23.8 Å². The van der Waals surface area contributed by atoms with Gasteiger partial charge in [-0.05, 0) is 11.6 Å². The number of nitrogens with one attached hydrogen (secondary N) is 1. The Hall–Kier alpha value is -2.16. The maximum absolute atomic E-state index is 12.1. The summed E-state index contributed by atoms with van der Waals surface area (Å²) in [6.07, 6.45) is 0.313. The van der Waals surface area contributed by atoms with Crippen molar-refractivity contribution in [1.29, 1.82) is 0 Å². The van der Waals surface area contributed by atoms with E-state index in [4.69, 9.17) is 18.9 Å². The molecular weight excluding hydrogens is 342 g/mol. The Kier molecular flexibility index (Phi) is 8.33. The van der Waals surface area contributed by atoms with Gasteiger partial charge in [0.05, 0.1) is 39.5 Å². The minimum absolute atomic E-state index is 0.0185. The monoisotopic (exact) mass is 367 g/mol. The Labute approximate surface area is 152 Å². The highest BCUT2D eigenvalue weighted by molar-refractivity contribution is 5.81. The molecular formula is C18H25NO7. The number of hydrogen-bond donors (Lipinski definition) is 2. The minimum atomic E-state index is -0.405. The summed E-state index contributed by atoms with van der Waals surface area (Å²) >= 11 is 0. The van der Waals surface area contributed by atoms with E-state index in [0.717, 1.165) is 5.56 Å². The van der Waals surface area contributed by atoms with E-state index in [1.807, 2.05) is 0 Å². The molecule has 1 aliphatic rings. The number of esters is 1. The quantitative estimate of drug-likeness (QED) is 0.341. The number of rotatable bonds is 11. The SMILES string of the molecule is COCCOCCOCCNC(=O)CC1CC(=O)Oc2cc(O)ccc21. The van der Waals surface area contributed by atoms with Crippen LogP contribution in [0.2, 0.25) is 0 Å². The van der Waals surface area contributed by atoms with E-state index in [1.165, 1.54) is 12.1 Å². The van der Waals surface area contributed by atoms with E-state index in [9.17, 15) is 14.7 Å². The molecule has 0 saturated heterocycles. The highest BCUT2D eigenvalue weighted by Gasteiger charge is 2.29. The summed E-state index contributed by atoms with van der Waals surface area (Å²) in [4.78, 5) is 23.8. The van der Waals surface area contributed by atoms with Crippen LogP contribution in [0.5, 0.6) is 11.5 Å². The topological polar surface area (TPSA) is 103 Å². The summed E-state index contributed by atoms with van der Waals surface area (Å²) in [5.74, 6) is -0.496. The van der Waals surface area contributed by atoms with Crippen LogP contribution in [0.1, 0.15) is 24.3 Å². The second-order valence-corrected chi connectivity index (χ2v) is 5.87. The lowest BCUT2D eigenvalue weighted by molar-refractivity contribution is -0.136. The number of phenols is 1. The van der Waals surface area contributed by atoms with Crippen molar-refractivity contribution < 1.29 is 33.6 Å². The molecule has 0 saturated carbocycles. The highest BCUT2D eigenvalue weighted by Crippen LogP contribution is 2.38. The van der Waals surface area contributed by atoms with Crippen molar-refractivity contribution in [3.8, 4) is 11.5 Å². The Morgan fingerprint density at radius 1 is 1.23 bits per heavy atom. The first-order chi connectivity index (χ1) is 12.6. The maximum Gasteiger partial charge on any atom is 0.311 e. The number of carbonyl (C=O) groups excluding carboxylic acids is 2. The zero-order valence-corrected chi connectivity index (χ0v) is 14.9. The highest BCUT2D eigenvalue weighted by atomic mass is 16.5. The van der Waals surface area contributed by atoms with Gasteiger partial charge in [0.2, 0.25) is 5.91 Å². The van der Waals surface area contributed by atoms with Crippen LogP contribution in [0.25, 0.3) is 0 Å². The lowest BCUT2D eigenvalue weighted by atomic mass is 9.89. The molecule has 26 heavy (non-hydrogen) atoms. The second-order valence-electron chi connectivity index (χ2n) is 5.87. The number of ether oxygens (including phenoxy) is 4. The average Bonchev–Trinajstić information content (AvgIpc) is 2.59. The van der Waals surface area contributed by atoms with Crippen molar-refractivity contribution in [1.82, 2.24) is 5.32 Å². The van der Waals surface area contributed by atoms with E-state index < -0.39 is 5.97 Å². The van der Waals surface area contributed by atoms with Gasteiger partial charge in [-0.25, -0.2) is 0 Å². The number of fused-ring (bicyclic) bond motifs is 1. The van der Waals surface area contributed by atoms with Gasteiger partial charge in [0.1, 0.15) is 11.5 Å². The zero-order chi connectivity index (χ0) is 18.8. The molecule has 2 N–H and O–H groups in total. The first-order valence-electron chi connectivity index (χ1n) is 8.55. The third-order valence-corrected chi connectivity index (χ3v) is 3.88. The van der Waals surface area contributed by atoms with Crippen molar-refractivity contribution in [2.45, 2.75) is 18.8 Å². The van der Waals surface area contributed by atoms with Crippen molar-refractivity contribution in [2.24, 2.45) is 0 Å². The molecule has 1 aromatic rings. The number of phenolic OH excluding ortho intramolecular Hbond substituents is 1. The van der Waals surface area contributed by atoms with Crippen LogP contribution in [0.4, 0.5) is 0 Å². The van der Waals surface area contributed by atoms with Gasteiger partial charge < -0.3 is 29.4 Å². The minimum Gasteiger partial charge on any atom is -0.508 e. The summed E-state index contributed by atoms with van der Waals surface area (Å²) in [7, 11) is 1.61. The van der Waals surface area contributed by atoms with Crippen molar-refractivity contribution >= 4 is 11.9 Å². The van der Waals surface area contributed by atoms with Crippen LogP contribution < -0.4 is 10.1 Å². The molecule has 1 heterocycles. The van der Waals surface area contributed by atoms with E-state index >= 15 is 0 Å². The molecule has 0 aromatic heterocycles. The Bertz CT molecular complexity index is 605. The fourth-order valence-corrected chi connectivity index (χ4v) is 2.63. The lowest BCUT2D eigenvalue weighted by Gasteiger charge is -2.24. The molecule has 0 bridgehead atoms. The van der Waals surface area contributed by atoms with E-state index in [2.05, 4.69) is 5.32 Å². The average molecular weight is 367 g/mol. The van der Waals surface area contributed by atoms with Crippen LogP contribution in [0.15, 0.2) is 18.2 Å². The summed E-state index contributed by atoms with van der Waals surface area (Å²) in [6.45, 7) is 2.77. The molecule has 1 amide bonds. The van der Waals surface area contributed by atoms with Gasteiger partial charge in [0, 0.05) is 32.1 Å². The zero-order valence-electron chi connectivity index (χ0n) is 14.9. The first kappa shape index (κ1) is 20.2. The number of amides is 1. The molecule has 0 aliphatic carbocycles. The number of hydrogen-bond acceptors (Lipinski definition) is 7. The van der Waals surface area contributed by atoms with Gasteiger partial charge >= 0.3 is 5.97 Å². The molecule has 1 aromatic carbocycles. The molecule has 0 radical (unpaired) electrons. The fraction of sp³-hybridized carbons (Fsp3) is 0.556. The molecule has 1 atom stereocenters. The molecule has 0 spiro atoms. The van der Waals surface area contributed by atoms with Crippen molar-refractivity contribution in [3.05, 3.63) is 23.8 Å². The van der Waals surface area contributed by atoms with Gasteiger partial charge in [-0.3, -0.25) is 9.59 Å². The summed E-state index contributed by atoms with van der Waals surface area (Å²) in [5, 5.41) is 12.3. The fourth-order valence-electron chi connectivity index (χ4n) is 2.63. The van der Waals surface area contributed by atoms with Gasteiger partial charge in [-0.1, -0.05) is 6.07 Å². The predicted molar refractivity (Wildman–Crippen MR) is 92.2 cm³/mol. The summed E-state index contributed by atoms with van der Waals surface area (Å²) in [6, 6.07) is 4.59. The van der Waals surface area contributed by atoms with Crippen LogP contribution >= 0.6 is 0 Å². The van der Waals surface area contributed by atoms with Crippen molar-refractivity contribution in [3.63, 3.8) is 0 Å². The molecule has 2 rings (SSSR count). The van der Waals surface area contributed by atoms with Gasteiger partial charge in [0.15, 0.2) is 0 Å². The molecule has 1 aliphatic heterocycles. The van der Waals surface area contributed by atoms with Crippen LogP contribution in [0, 0.1) is 0 Å². The van der Waals surface area contributed by atoms with Gasteiger partial charge in [-0.2, -0.15) is 0 Å². The Morgan fingerprint density at radius 3 is 2.73 bits per heavy atom. The first-order valence-corrected chi connectivity index (χ1v) is 8.55. The number of aromatic hydroxyl groups is 1. The third-order valence-electron chi connectivity index (χ3n) is 3.88. The smallest absolute Gasteiger partial charge is 0.311 e. The number of methoxy groups -OCH3 is 1. The molecule has 1 unspecified atom stereocenters.